The van der Waals surface area contributed by atoms with Gasteiger partial charge < -0.3 is 24.4 Å². The van der Waals surface area contributed by atoms with Gasteiger partial charge >= 0.3 is 0 Å². The van der Waals surface area contributed by atoms with Crippen LogP contribution < -0.4 is 19.5 Å². The summed E-state index contributed by atoms with van der Waals surface area (Å²) < 4.78 is 16.6. The molecule has 1 atom stereocenters. The number of hydrogen-bond acceptors (Lipinski definition) is 5. The molecule has 1 heterocycles. The number of likely N-dealkylation sites (N-methyl/N-ethyl adjacent to an activating group) is 1. The molecule has 0 fully saturated rings. The van der Waals surface area contributed by atoms with Crippen molar-refractivity contribution in [2.24, 2.45) is 0 Å². The maximum absolute atomic E-state index is 12.5. The van der Waals surface area contributed by atoms with Crippen LogP contribution in [0.25, 0.3) is 6.08 Å². The fraction of sp³-hybridized carbons (Fsp3) is 0.318. The van der Waals surface area contributed by atoms with Crippen molar-refractivity contribution in [2.45, 2.75) is 6.04 Å². The molecule has 0 spiro atoms. The largest absolute Gasteiger partial charge is 0.493 e. The van der Waals surface area contributed by atoms with E-state index >= 15 is 0 Å². The van der Waals surface area contributed by atoms with E-state index in [4.69, 9.17) is 14.2 Å². The Bertz CT molecular complexity index is 817. The van der Waals surface area contributed by atoms with Gasteiger partial charge in [0.1, 0.15) is 13.2 Å². The third kappa shape index (κ3) is 5.04. The summed E-state index contributed by atoms with van der Waals surface area (Å²) in [5.41, 5.74) is 1.87. The molecule has 148 valence electrons. The Kier molecular flexibility index (Phi) is 6.55. The van der Waals surface area contributed by atoms with Crippen LogP contribution in [0.4, 0.5) is 0 Å². The monoisotopic (exact) mass is 382 g/mol. The van der Waals surface area contributed by atoms with Gasteiger partial charge in [-0.1, -0.05) is 30.3 Å². The molecule has 2 aromatic carbocycles. The third-order valence-corrected chi connectivity index (χ3v) is 4.34. The van der Waals surface area contributed by atoms with Gasteiger partial charge in [-0.15, -0.1) is 0 Å². The van der Waals surface area contributed by atoms with Crippen molar-refractivity contribution in [1.82, 2.24) is 10.2 Å². The summed E-state index contributed by atoms with van der Waals surface area (Å²) in [6, 6.07) is 13.5. The number of benzene rings is 2. The molecule has 0 unspecified atom stereocenters. The fourth-order valence-corrected chi connectivity index (χ4v) is 3.07. The van der Waals surface area contributed by atoms with Crippen molar-refractivity contribution in [1.29, 1.82) is 0 Å². The Morgan fingerprint density at radius 1 is 1.21 bits per heavy atom. The standard InChI is InChI=1S/C22H26N2O4/c1-24(2)15-18(17-7-5-4-6-8-17)23-21(25)10-9-16-13-19(26-3)22-20(14-16)27-11-12-28-22/h4-10,13-14,18H,11-12,15H2,1-3H3,(H,23,25)/b10-9+/t18-/m0/s1. The zero-order valence-electron chi connectivity index (χ0n) is 16.5. The topological polar surface area (TPSA) is 60.0 Å². The number of methoxy groups -OCH3 is 1. The summed E-state index contributed by atoms with van der Waals surface area (Å²) in [4.78, 5) is 14.6. The van der Waals surface area contributed by atoms with Gasteiger partial charge in [0.2, 0.25) is 11.7 Å². The minimum atomic E-state index is -0.162. The van der Waals surface area contributed by atoms with Crippen molar-refractivity contribution >= 4 is 12.0 Å². The third-order valence-electron chi connectivity index (χ3n) is 4.34. The molecule has 0 saturated carbocycles. The zero-order chi connectivity index (χ0) is 19.9. The normalized spacial score (nSPS) is 14.1. The summed E-state index contributed by atoms with van der Waals surface area (Å²) in [6.45, 7) is 1.70. The number of hydrogen-bond donors (Lipinski definition) is 1. The number of nitrogens with one attached hydrogen (secondary N) is 1. The SMILES string of the molecule is COc1cc(/C=C/C(=O)N[C@@H](CN(C)C)c2ccccc2)cc2c1OCCO2. The van der Waals surface area contributed by atoms with Gasteiger partial charge in [0.15, 0.2) is 11.5 Å². The first-order chi connectivity index (χ1) is 13.6. The molecule has 2 aromatic rings. The van der Waals surface area contributed by atoms with E-state index in [0.29, 0.717) is 37.0 Å². The number of rotatable bonds is 7. The van der Waals surface area contributed by atoms with E-state index in [0.717, 1.165) is 11.1 Å². The van der Waals surface area contributed by atoms with E-state index in [1.54, 1.807) is 13.2 Å². The molecule has 0 radical (unpaired) electrons. The van der Waals surface area contributed by atoms with Gasteiger partial charge in [-0.25, -0.2) is 0 Å². The van der Waals surface area contributed by atoms with Crippen molar-refractivity contribution in [3.63, 3.8) is 0 Å². The van der Waals surface area contributed by atoms with Gasteiger partial charge in [0.05, 0.1) is 13.2 Å². The van der Waals surface area contributed by atoms with Crippen molar-refractivity contribution in [3.05, 3.63) is 59.7 Å². The molecule has 0 saturated heterocycles. The van der Waals surface area contributed by atoms with Crippen molar-refractivity contribution in [2.75, 3.05) is 41.0 Å². The summed E-state index contributed by atoms with van der Waals surface area (Å²) in [5, 5.41) is 3.07. The Morgan fingerprint density at radius 3 is 2.68 bits per heavy atom. The number of carbonyl (C=O) groups is 1. The number of fused-ring (bicyclic) bond motifs is 1. The minimum absolute atomic E-state index is 0.0943. The number of carbonyl (C=O) groups excluding carboxylic acids is 1. The predicted molar refractivity (Wildman–Crippen MR) is 109 cm³/mol. The van der Waals surface area contributed by atoms with Crippen LogP contribution in [0, 0.1) is 0 Å². The number of nitrogens with zero attached hydrogens (tertiary/aromatic N) is 1. The summed E-state index contributed by atoms with van der Waals surface area (Å²) in [7, 11) is 5.55. The molecule has 1 amide bonds. The molecule has 3 rings (SSSR count). The summed E-state index contributed by atoms with van der Waals surface area (Å²) in [6.07, 6.45) is 3.27. The lowest BCUT2D eigenvalue weighted by Crippen LogP contribution is -2.34. The maximum atomic E-state index is 12.5. The lowest BCUT2D eigenvalue weighted by Gasteiger charge is -2.22. The molecule has 28 heavy (non-hydrogen) atoms. The number of amides is 1. The maximum Gasteiger partial charge on any atom is 0.244 e. The van der Waals surface area contributed by atoms with E-state index in [1.165, 1.54) is 6.08 Å². The molecule has 1 aliphatic heterocycles. The smallest absolute Gasteiger partial charge is 0.244 e. The highest BCUT2D eigenvalue weighted by Gasteiger charge is 2.18. The van der Waals surface area contributed by atoms with Crippen LogP contribution in [-0.2, 0) is 4.79 Å². The molecule has 0 aliphatic carbocycles. The van der Waals surface area contributed by atoms with Crippen LogP contribution in [0.5, 0.6) is 17.2 Å². The predicted octanol–water partition coefficient (Wildman–Crippen LogP) is 2.90. The van der Waals surface area contributed by atoms with Crippen molar-refractivity contribution < 1.29 is 19.0 Å². The van der Waals surface area contributed by atoms with Gasteiger partial charge in [0.25, 0.3) is 0 Å². The first kappa shape index (κ1) is 19.8. The highest BCUT2D eigenvalue weighted by Crippen LogP contribution is 2.40. The van der Waals surface area contributed by atoms with Gasteiger partial charge in [-0.05, 0) is 43.4 Å². The molecule has 0 aromatic heterocycles. The van der Waals surface area contributed by atoms with Crippen LogP contribution in [0.15, 0.2) is 48.5 Å². The Morgan fingerprint density at radius 2 is 1.96 bits per heavy atom. The van der Waals surface area contributed by atoms with Crippen molar-refractivity contribution in [3.8, 4) is 17.2 Å². The summed E-state index contributed by atoms with van der Waals surface area (Å²) in [5.74, 6) is 1.66. The quantitative estimate of drug-likeness (QED) is 0.746. The molecule has 0 bridgehead atoms. The van der Waals surface area contributed by atoms with E-state index in [-0.39, 0.29) is 11.9 Å². The van der Waals surface area contributed by atoms with Gasteiger partial charge in [-0.2, -0.15) is 0 Å². The van der Waals surface area contributed by atoms with E-state index in [9.17, 15) is 4.79 Å². The molecule has 6 heteroatoms. The Hall–Kier alpha value is -2.99. The highest BCUT2D eigenvalue weighted by molar-refractivity contribution is 5.92. The highest BCUT2D eigenvalue weighted by atomic mass is 16.6. The lowest BCUT2D eigenvalue weighted by atomic mass is 10.1. The Balaban J connectivity index is 1.73. The minimum Gasteiger partial charge on any atom is -0.493 e. The molecule has 6 nitrogen and oxygen atoms in total. The van der Waals surface area contributed by atoms with E-state index in [1.807, 2.05) is 61.5 Å². The first-order valence-electron chi connectivity index (χ1n) is 9.22. The second-order valence-corrected chi connectivity index (χ2v) is 6.81. The molecular formula is C22H26N2O4. The molecular weight excluding hydrogens is 356 g/mol. The van der Waals surface area contributed by atoms with E-state index in [2.05, 4.69) is 5.32 Å². The first-order valence-corrected chi connectivity index (χ1v) is 9.22. The van der Waals surface area contributed by atoms with Crippen LogP contribution in [-0.4, -0.2) is 51.8 Å². The van der Waals surface area contributed by atoms with Crippen LogP contribution in [0.1, 0.15) is 17.2 Å². The lowest BCUT2D eigenvalue weighted by molar-refractivity contribution is -0.117. The molecule has 1 aliphatic rings. The van der Waals surface area contributed by atoms with Crippen LogP contribution >= 0.6 is 0 Å². The second kappa shape index (κ2) is 9.28. The van der Waals surface area contributed by atoms with Crippen LogP contribution in [0.2, 0.25) is 0 Å². The fourth-order valence-electron chi connectivity index (χ4n) is 3.07. The zero-order valence-corrected chi connectivity index (χ0v) is 16.5. The average Bonchev–Trinajstić information content (AvgIpc) is 2.71. The van der Waals surface area contributed by atoms with E-state index < -0.39 is 0 Å². The van der Waals surface area contributed by atoms with Gasteiger partial charge in [-0.3, -0.25) is 4.79 Å². The molecule has 1 N–H and O–H groups in total. The van der Waals surface area contributed by atoms with Gasteiger partial charge in [0, 0.05) is 12.6 Å². The summed E-state index contributed by atoms with van der Waals surface area (Å²) >= 11 is 0. The average molecular weight is 382 g/mol. The Labute approximate surface area is 165 Å². The second-order valence-electron chi connectivity index (χ2n) is 6.81. The number of ether oxygens (including phenoxy) is 3. The van der Waals surface area contributed by atoms with Crippen LogP contribution in [0.3, 0.4) is 0 Å².